The minimum atomic E-state index is -0.300. The van der Waals surface area contributed by atoms with E-state index < -0.39 is 0 Å². The maximum atomic E-state index is 12.4. The van der Waals surface area contributed by atoms with Crippen LogP contribution in [-0.2, 0) is 0 Å². The van der Waals surface area contributed by atoms with Gasteiger partial charge < -0.3 is 14.3 Å². The predicted molar refractivity (Wildman–Crippen MR) is 85.1 cm³/mol. The van der Waals surface area contributed by atoms with Crippen LogP contribution in [0, 0.1) is 13.8 Å². The topological polar surface area (TPSA) is 59.7 Å². The molecule has 1 heterocycles. The highest BCUT2D eigenvalue weighted by Gasteiger charge is 2.11. The van der Waals surface area contributed by atoms with E-state index in [2.05, 4.69) is 0 Å². The van der Waals surface area contributed by atoms with Crippen molar-refractivity contribution in [2.24, 2.45) is 0 Å². The lowest BCUT2D eigenvalue weighted by Crippen LogP contribution is -2.05. The van der Waals surface area contributed by atoms with Crippen LogP contribution in [0.4, 0.5) is 0 Å². The number of aromatic hydroxyl groups is 1. The Morgan fingerprint density at radius 2 is 1.82 bits per heavy atom. The SMILES string of the molecule is Cc1cc(Oc2coc3cc(O)ccc3c2=O)cc(C)c1Cl. The summed E-state index contributed by atoms with van der Waals surface area (Å²) in [6.07, 6.45) is 1.24. The van der Waals surface area contributed by atoms with Crippen LogP contribution in [0.1, 0.15) is 11.1 Å². The standard InChI is InChI=1S/C17H13ClO4/c1-9-5-12(6-10(2)16(9)18)22-15-8-21-14-7-11(19)3-4-13(14)17(15)20/h3-8,19H,1-2H3. The molecule has 0 aliphatic rings. The largest absolute Gasteiger partial charge is 0.508 e. The number of hydrogen-bond donors (Lipinski definition) is 1. The summed E-state index contributed by atoms with van der Waals surface area (Å²) >= 11 is 6.12. The predicted octanol–water partition coefficient (Wildman–Crippen LogP) is 4.56. The fourth-order valence-corrected chi connectivity index (χ4v) is 2.37. The van der Waals surface area contributed by atoms with Crippen molar-refractivity contribution in [1.29, 1.82) is 0 Å². The summed E-state index contributed by atoms with van der Waals surface area (Å²) in [4.78, 5) is 12.4. The first-order valence-corrected chi connectivity index (χ1v) is 7.02. The number of fused-ring (bicyclic) bond motifs is 1. The molecule has 112 valence electrons. The number of ether oxygens (including phenoxy) is 1. The van der Waals surface area contributed by atoms with Gasteiger partial charge in [0, 0.05) is 11.1 Å². The smallest absolute Gasteiger partial charge is 0.235 e. The van der Waals surface area contributed by atoms with Crippen LogP contribution in [0.2, 0.25) is 5.02 Å². The molecule has 4 nitrogen and oxygen atoms in total. The van der Waals surface area contributed by atoms with Gasteiger partial charge in [-0.2, -0.15) is 0 Å². The molecule has 0 fully saturated rings. The van der Waals surface area contributed by atoms with E-state index in [1.807, 2.05) is 13.8 Å². The molecule has 3 rings (SSSR count). The van der Waals surface area contributed by atoms with Crippen molar-refractivity contribution in [3.05, 3.63) is 63.0 Å². The number of aryl methyl sites for hydroxylation is 2. The second kappa shape index (κ2) is 5.39. The van der Waals surface area contributed by atoms with Crippen LogP contribution < -0.4 is 10.2 Å². The normalized spacial score (nSPS) is 10.9. The van der Waals surface area contributed by atoms with Gasteiger partial charge in [-0.05, 0) is 49.2 Å². The molecule has 0 unspecified atom stereocenters. The number of benzene rings is 2. The zero-order valence-corrected chi connectivity index (χ0v) is 12.8. The zero-order valence-electron chi connectivity index (χ0n) is 12.0. The third-order valence-corrected chi connectivity index (χ3v) is 3.96. The first-order valence-electron chi connectivity index (χ1n) is 6.65. The van der Waals surface area contributed by atoms with Crippen molar-refractivity contribution in [3.63, 3.8) is 0 Å². The van der Waals surface area contributed by atoms with E-state index in [0.717, 1.165) is 11.1 Å². The Morgan fingerprint density at radius 3 is 2.50 bits per heavy atom. The number of phenolic OH excluding ortho intramolecular Hbond substituents is 1. The lowest BCUT2D eigenvalue weighted by molar-refractivity contribution is 0.448. The second-order valence-electron chi connectivity index (χ2n) is 5.08. The Bertz CT molecular complexity index is 905. The highest BCUT2D eigenvalue weighted by atomic mass is 35.5. The van der Waals surface area contributed by atoms with Gasteiger partial charge in [-0.1, -0.05) is 11.6 Å². The maximum Gasteiger partial charge on any atom is 0.235 e. The van der Waals surface area contributed by atoms with Crippen LogP contribution in [0.5, 0.6) is 17.2 Å². The minimum Gasteiger partial charge on any atom is -0.508 e. The molecule has 0 aliphatic carbocycles. The van der Waals surface area contributed by atoms with E-state index in [0.29, 0.717) is 21.7 Å². The molecule has 5 heteroatoms. The molecule has 0 radical (unpaired) electrons. The summed E-state index contributed by atoms with van der Waals surface area (Å²) in [5.74, 6) is 0.636. The van der Waals surface area contributed by atoms with Crippen molar-refractivity contribution in [2.75, 3.05) is 0 Å². The van der Waals surface area contributed by atoms with Crippen molar-refractivity contribution >= 4 is 22.6 Å². The van der Waals surface area contributed by atoms with Gasteiger partial charge in [0.2, 0.25) is 11.2 Å². The molecule has 3 aromatic rings. The van der Waals surface area contributed by atoms with E-state index in [-0.39, 0.29) is 16.9 Å². The van der Waals surface area contributed by atoms with E-state index in [9.17, 15) is 9.90 Å². The summed E-state index contributed by atoms with van der Waals surface area (Å²) in [7, 11) is 0. The first kappa shape index (κ1) is 14.5. The Hall–Kier alpha value is -2.46. The molecule has 0 saturated heterocycles. The molecule has 1 aromatic heterocycles. The van der Waals surface area contributed by atoms with Gasteiger partial charge in [0.25, 0.3) is 0 Å². The van der Waals surface area contributed by atoms with Crippen LogP contribution in [0.25, 0.3) is 11.0 Å². The van der Waals surface area contributed by atoms with Crippen molar-refractivity contribution in [2.45, 2.75) is 13.8 Å². The minimum absolute atomic E-state index is 0.0354. The van der Waals surface area contributed by atoms with Crippen LogP contribution >= 0.6 is 11.6 Å². The molecule has 0 spiro atoms. The van der Waals surface area contributed by atoms with E-state index in [1.54, 1.807) is 12.1 Å². The second-order valence-corrected chi connectivity index (χ2v) is 5.46. The number of hydrogen-bond acceptors (Lipinski definition) is 4. The summed E-state index contributed by atoms with van der Waals surface area (Å²) < 4.78 is 11.0. The Morgan fingerprint density at radius 1 is 1.14 bits per heavy atom. The van der Waals surface area contributed by atoms with Crippen molar-refractivity contribution in [3.8, 4) is 17.2 Å². The molecule has 0 atom stereocenters. The van der Waals surface area contributed by atoms with E-state index in [1.165, 1.54) is 24.5 Å². The highest BCUT2D eigenvalue weighted by molar-refractivity contribution is 6.32. The third kappa shape index (κ3) is 2.53. The van der Waals surface area contributed by atoms with Crippen LogP contribution in [-0.4, -0.2) is 5.11 Å². The number of halogens is 1. The van der Waals surface area contributed by atoms with Gasteiger partial charge in [0.05, 0.1) is 5.39 Å². The fourth-order valence-electron chi connectivity index (χ4n) is 2.26. The van der Waals surface area contributed by atoms with Gasteiger partial charge >= 0.3 is 0 Å². The van der Waals surface area contributed by atoms with Gasteiger partial charge in [-0.15, -0.1) is 0 Å². The molecule has 1 N–H and O–H groups in total. The molecule has 22 heavy (non-hydrogen) atoms. The van der Waals surface area contributed by atoms with E-state index >= 15 is 0 Å². The van der Waals surface area contributed by atoms with Gasteiger partial charge in [-0.3, -0.25) is 4.79 Å². The molecular formula is C17H13ClO4. The Balaban J connectivity index is 2.06. The maximum absolute atomic E-state index is 12.4. The lowest BCUT2D eigenvalue weighted by atomic mass is 10.1. The van der Waals surface area contributed by atoms with Gasteiger partial charge in [0.1, 0.15) is 23.3 Å². The van der Waals surface area contributed by atoms with Crippen molar-refractivity contribution in [1.82, 2.24) is 0 Å². The van der Waals surface area contributed by atoms with Crippen molar-refractivity contribution < 1.29 is 14.3 Å². The molecular weight excluding hydrogens is 304 g/mol. The molecule has 0 saturated carbocycles. The monoisotopic (exact) mass is 316 g/mol. The van der Waals surface area contributed by atoms with Crippen LogP contribution in [0.3, 0.4) is 0 Å². The fraction of sp³-hybridized carbons (Fsp3) is 0.118. The molecule has 0 bridgehead atoms. The first-order chi connectivity index (χ1) is 10.5. The summed E-state index contributed by atoms with van der Waals surface area (Å²) in [5, 5.41) is 10.4. The summed E-state index contributed by atoms with van der Waals surface area (Å²) in [6.45, 7) is 3.74. The summed E-state index contributed by atoms with van der Waals surface area (Å²) in [6, 6.07) is 7.84. The van der Waals surface area contributed by atoms with Gasteiger partial charge in [0.15, 0.2) is 0 Å². The highest BCUT2D eigenvalue weighted by Crippen LogP contribution is 2.29. The van der Waals surface area contributed by atoms with E-state index in [4.69, 9.17) is 20.8 Å². The quantitative estimate of drug-likeness (QED) is 0.753. The molecule has 0 amide bonds. The lowest BCUT2D eigenvalue weighted by Gasteiger charge is -2.09. The molecule has 0 aliphatic heterocycles. The molecule has 2 aromatic carbocycles. The number of rotatable bonds is 2. The average Bonchev–Trinajstić information content (AvgIpc) is 2.47. The Labute approximate surface area is 131 Å². The van der Waals surface area contributed by atoms with Crippen LogP contribution in [0.15, 0.2) is 45.8 Å². The number of phenols is 1. The average molecular weight is 317 g/mol. The third-order valence-electron chi connectivity index (χ3n) is 3.36. The Kier molecular flexibility index (Phi) is 3.54. The zero-order chi connectivity index (χ0) is 15.9. The van der Waals surface area contributed by atoms with Gasteiger partial charge in [-0.25, -0.2) is 0 Å². The summed E-state index contributed by atoms with van der Waals surface area (Å²) in [5.41, 5.74) is 1.74.